The Labute approximate surface area is 104 Å². The van der Waals surface area contributed by atoms with Gasteiger partial charge in [0.1, 0.15) is 0 Å². The fourth-order valence-electron chi connectivity index (χ4n) is 2.48. The average molecular weight is 239 g/mol. The summed E-state index contributed by atoms with van der Waals surface area (Å²) in [6.45, 7) is 5.67. The van der Waals surface area contributed by atoms with Gasteiger partial charge in [0.05, 0.1) is 6.54 Å². The van der Waals surface area contributed by atoms with Crippen molar-refractivity contribution < 1.29 is 4.79 Å². The lowest BCUT2D eigenvalue weighted by molar-refractivity contribution is -0.122. The zero-order valence-electron chi connectivity index (χ0n) is 10.9. The SMILES string of the molecule is CCCNC(=O)CN(CC1CCCN1)C1CC1. The lowest BCUT2D eigenvalue weighted by atomic mass is 10.2. The largest absolute Gasteiger partial charge is 0.355 e. The van der Waals surface area contributed by atoms with Gasteiger partial charge in [-0.2, -0.15) is 0 Å². The Morgan fingerprint density at radius 1 is 1.41 bits per heavy atom. The molecule has 4 nitrogen and oxygen atoms in total. The maximum atomic E-state index is 11.7. The van der Waals surface area contributed by atoms with Gasteiger partial charge in [0.2, 0.25) is 5.91 Å². The molecule has 1 heterocycles. The van der Waals surface area contributed by atoms with E-state index in [9.17, 15) is 4.79 Å². The number of rotatable bonds is 7. The first-order valence-corrected chi connectivity index (χ1v) is 7.03. The van der Waals surface area contributed by atoms with Crippen LogP contribution in [-0.4, -0.2) is 49.1 Å². The molecule has 1 aliphatic heterocycles. The Kier molecular flexibility index (Phi) is 4.80. The summed E-state index contributed by atoms with van der Waals surface area (Å²) >= 11 is 0. The smallest absolute Gasteiger partial charge is 0.234 e. The van der Waals surface area contributed by atoms with Crippen LogP contribution in [0.1, 0.15) is 39.0 Å². The average Bonchev–Trinajstić information content (AvgIpc) is 3.05. The first-order valence-electron chi connectivity index (χ1n) is 7.03. The van der Waals surface area contributed by atoms with Crippen molar-refractivity contribution in [2.24, 2.45) is 0 Å². The Balaban J connectivity index is 1.74. The van der Waals surface area contributed by atoms with Gasteiger partial charge < -0.3 is 10.6 Å². The van der Waals surface area contributed by atoms with E-state index < -0.39 is 0 Å². The molecule has 17 heavy (non-hydrogen) atoms. The van der Waals surface area contributed by atoms with Crippen molar-refractivity contribution in [3.8, 4) is 0 Å². The topological polar surface area (TPSA) is 44.4 Å². The Morgan fingerprint density at radius 3 is 2.82 bits per heavy atom. The summed E-state index contributed by atoms with van der Waals surface area (Å²) in [6, 6.07) is 1.28. The van der Waals surface area contributed by atoms with Gasteiger partial charge in [0, 0.05) is 25.2 Å². The molecule has 2 aliphatic rings. The summed E-state index contributed by atoms with van der Waals surface area (Å²) in [5.74, 6) is 0.191. The third-order valence-corrected chi connectivity index (χ3v) is 3.60. The number of hydrogen-bond donors (Lipinski definition) is 2. The molecule has 0 spiro atoms. The predicted molar refractivity (Wildman–Crippen MR) is 68.9 cm³/mol. The van der Waals surface area contributed by atoms with E-state index in [1.165, 1.54) is 25.7 Å². The first-order chi connectivity index (χ1) is 8.29. The van der Waals surface area contributed by atoms with Crippen molar-refractivity contribution in [2.75, 3.05) is 26.2 Å². The zero-order chi connectivity index (χ0) is 12.1. The summed E-state index contributed by atoms with van der Waals surface area (Å²) < 4.78 is 0. The number of hydrogen-bond acceptors (Lipinski definition) is 3. The Hall–Kier alpha value is -0.610. The lowest BCUT2D eigenvalue weighted by Crippen LogP contribution is -2.44. The predicted octanol–water partition coefficient (Wildman–Crippen LogP) is 0.729. The van der Waals surface area contributed by atoms with Crippen LogP contribution in [0.3, 0.4) is 0 Å². The second-order valence-corrected chi connectivity index (χ2v) is 5.30. The molecule has 1 atom stereocenters. The van der Waals surface area contributed by atoms with E-state index in [0.29, 0.717) is 18.6 Å². The van der Waals surface area contributed by atoms with Crippen molar-refractivity contribution in [1.29, 1.82) is 0 Å². The molecule has 0 aromatic carbocycles. The van der Waals surface area contributed by atoms with Crippen molar-refractivity contribution in [2.45, 2.75) is 51.1 Å². The molecule has 1 amide bonds. The van der Waals surface area contributed by atoms with E-state index in [1.807, 2.05) is 0 Å². The van der Waals surface area contributed by atoms with E-state index in [0.717, 1.165) is 26.1 Å². The molecule has 2 rings (SSSR count). The van der Waals surface area contributed by atoms with E-state index in [-0.39, 0.29) is 5.91 Å². The highest BCUT2D eigenvalue weighted by molar-refractivity contribution is 5.78. The van der Waals surface area contributed by atoms with Gasteiger partial charge in [-0.3, -0.25) is 9.69 Å². The third kappa shape index (κ3) is 4.28. The van der Waals surface area contributed by atoms with Crippen LogP contribution in [0.4, 0.5) is 0 Å². The van der Waals surface area contributed by atoms with Crippen LogP contribution in [-0.2, 0) is 4.79 Å². The van der Waals surface area contributed by atoms with E-state index in [4.69, 9.17) is 0 Å². The molecule has 1 unspecified atom stereocenters. The molecule has 1 aliphatic carbocycles. The van der Waals surface area contributed by atoms with Crippen molar-refractivity contribution in [1.82, 2.24) is 15.5 Å². The normalized spacial score (nSPS) is 24.2. The summed E-state index contributed by atoms with van der Waals surface area (Å²) in [6.07, 6.45) is 6.10. The number of carbonyl (C=O) groups is 1. The molecular formula is C13H25N3O. The van der Waals surface area contributed by atoms with Crippen molar-refractivity contribution in [3.05, 3.63) is 0 Å². The van der Waals surface area contributed by atoms with Gasteiger partial charge in [0.15, 0.2) is 0 Å². The van der Waals surface area contributed by atoms with E-state index in [1.54, 1.807) is 0 Å². The van der Waals surface area contributed by atoms with E-state index >= 15 is 0 Å². The van der Waals surface area contributed by atoms with Crippen LogP contribution in [0.5, 0.6) is 0 Å². The highest BCUT2D eigenvalue weighted by atomic mass is 16.2. The quantitative estimate of drug-likeness (QED) is 0.688. The standard InChI is InChI=1S/C13H25N3O/c1-2-7-15-13(17)10-16(12-5-6-12)9-11-4-3-8-14-11/h11-12,14H,2-10H2,1H3,(H,15,17). The molecule has 4 heteroatoms. The van der Waals surface area contributed by atoms with Crippen LogP contribution in [0, 0.1) is 0 Å². The summed E-state index contributed by atoms with van der Waals surface area (Å²) in [7, 11) is 0. The summed E-state index contributed by atoms with van der Waals surface area (Å²) in [4.78, 5) is 14.1. The highest BCUT2D eigenvalue weighted by Gasteiger charge is 2.32. The van der Waals surface area contributed by atoms with Crippen LogP contribution in [0.25, 0.3) is 0 Å². The van der Waals surface area contributed by atoms with Crippen LogP contribution < -0.4 is 10.6 Å². The van der Waals surface area contributed by atoms with Gasteiger partial charge in [-0.25, -0.2) is 0 Å². The van der Waals surface area contributed by atoms with Gasteiger partial charge in [-0.15, -0.1) is 0 Å². The fraction of sp³-hybridized carbons (Fsp3) is 0.923. The van der Waals surface area contributed by atoms with Gasteiger partial charge >= 0.3 is 0 Å². The van der Waals surface area contributed by atoms with Gasteiger partial charge in [-0.1, -0.05) is 6.92 Å². The van der Waals surface area contributed by atoms with Crippen molar-refractivity contribution >= 4 is 5.91 Å². The minimum atomic E-state index is 0.191. The maximum absolute atomic E-state index is 11.7. The number of carbonyl (C=O) groups excluding carboxylic acids is 1. The maximum Gasteiger partial charge on any atom is 0.234 e. The molecule has 2 fully saturated rings. The molecule has 98 valence electrons. The number of amides is 1. The number of nitrogens with zero attached hydrogens (tertiary/aromatic N) is 1. The van der Waals surface area contributed by atoms with Crippen molar-refractivity contribution in [3.63, 3.8) is 0 Å². The molecule has 2 N–H and O–H groups in total. The van der Waals surface area contributed by atoms with Gasteiger partial charge in [-0.05, 0) is 38.6 Å². The molecule has 1 saturated carbocycles. The zero-order valence-corrected chi connectivity index (χ0v) is 10.9. The first kappa shape index (κ1) is 12.8. The monoisotopic (exact) mass is 239 g/mol. The van der Waals surface area contributed by atoms with Crippen LogP contribution in [0.2, 0.25) is 0 Å². The van der Waals surface area contributed by atoms with E-state index in [2.05, 4.69) is 22.5 Å². The molecule has 0 aromatic heterocycles. The minimum absolute atomic E-state index is 0.191. The lowest BCUT2D eigenvalue weighted by Gasteiger charge is -2.24. The second kappa shape index (κ2) is 6.36. The molecule has 0 radical (unpaired) electrons. The summed E-state index contributed by atoms with van der Waals surface area (Å²) in [5.41, 5.74) is 0. The fourth-order valence-corrected chi connectivity index (χ4v) is 2.48. The molecule has 1 saturated heterocycles. The molecular weight excluding hydrogens is 214 g/mol. The summed E-state index contributed by atoms with van der Waals surface area (Å²) in [5, 5.41) is 6.48. The molecule has 0 bridgehead atoms. The number of nitrogens with one attached hydrogen (secondary N) is 2. The Morgan fingerprint density at radius 2 is 2.24 bits per heavy atom. The Bertz CT molecular complexity index is 247. The second-order valence-electron chi connectivity index (χ2n) is 5.30. The van der Waals surface area contributed by atoms with Crippen LogP contribution in [0.15, 0.2) is 0 Å². The molecule has 0 aromatic rings. The highest BCUT2D eigenvalue weighted by Crippen LogP contribution is 2.27. The third-order valence-electron chi connectivity index (χ3n) is 3.60. The van der Waals surface area contributed by atoms with Crippen LogP contribution >= 0.6 is 0 Å². The van der Waals surface area contributed by atoms with Gasteiger partial charge in [0.25, 0.3) is 0 Å². The minimum Gasteiger partial charge on any atom is -0.355 e.